The van der Waals surface area contributed by atoms with E-state index in [4.69, 9.17) is 10.5 Å². The number of morpholine rings is 1. The average molecular weight is 290 g/mol. The lowest BCUT2D eigenvalue weighted by atomic mass is 10.2. The quantitative estimate of drug-likeness (QED) is 0.662. The van der Waals surface area contributed by atoms with E-state index in [2.05, 4.69) is 52.9 Å². The van der Waals surface area contributed by atoms with E-state index in [1.807, 2.05) is 0 Å². The highest BCUT2D eigenvalue weighted by Gasteiger charge is 2.10. The van der Waals surface area contributed by atoms with Crippen LogP contribution in [0.3, 0.4) is 0 Å². The number of guanidine groups is 1. The van der Waals surface area contributed by atoms with Crippen LogP contribution in [0.4, 0.5) is 5.69 Å². The molecule has 1 fully saturated rings. The van der Waals surface area contributed by atoms with Crippen LogP contribution in [-0.2, 0) is 11.3 Å². The molecule has 5 heteroatoms. The van der Waals surface area contributed by atoms with Crippen molar-refractivity contribution in [3.8, 4) is 0 Å². The molecule has 1 aromatic rings. The van der Waals surface area contributed by atoms with E-state index < -0.39 is 0 Å². The number of nitrogens with two attached hydrogens (primary N) is 1. The third kappa shape index (κ3) is 4.36. The number of hydrogen-bond donors (Lipinski definition) is 1. The first-order chi connectivity index (χ1) is 10.2. The molecule has 0 unspecified atom stereocenters. The molecule has 5 nitrogen and oxygen atoms in total. The highest BCUT2D eigenvalue weighted by atomic mass is 16.5. The molecular weight excluding hydrogens is 264 g/mol. The Morgan fingerprint density at radius 2 is 1.81 bits per heavy atom. The van der Waals surface area contributed by atoms with E-state index in [0.717, 1.165) is 39.4 Å². The molecule has 21 heavy (non-hydrogen) atoms. The molecule has 0 saturated carbocycles. The van der Waals surface area contributed by atoms with Crippen LogP contribution in [-0.4, -0.2) is 50.3 Å². The standard InChI is InChI=1S/C16H26N4O/c1-3-19(4-2)16(17)18-13-14-5-7-15(8-6-14)20-9-11-21-12-10-20/h5-8H,3-4,9-13H2,1-2H3,(H2,17,18). The zero-order valence-corrected chi connectivity index (χ0v) is 13.1. The maximum Gasteiger partial charge on any atom is 0.191 e. The minimum atomic E-state index is 0.622. The van der Waals surface area contributed by atoms with Crippen molar-refractivity contribution in [2.45, 2.75) is 20.4 Å². The third-order valence-electron chi connectivity index (χ3n) is 3.82. The molecule has 1 saturated heterocycles. The van der Waals surface area contributed by atoms with Crippen molar-refractivity contribution in [2.75, 3.05) is 44.3 Å². The SMILES string of the molecule is CCN(CC)C(N)=NCc1ccc(N2CCOCC2)cc1. The summed E-state index contributed by atoms with van der Waals surface area (Å²) in [7, 11) is 0. The van der Waals surface area contributed by atoms with Crippen LogP contribution in [0.15, 0.2) is 29.3 Å². The number of benzene rings is 1. The number of aliphatic imine (C=N–C) groups is 1. The zero-order valence-electron chi connectivity index (χ0n) is 13.1. The number of rotatable bonds is 5. The summed E-state index contributed by atoms with van der Waals surface area (Å²) in [6.45, 7) is 10.1. The van der Waals surface area contributed by atoms with Gasteiger partial charge < -0.3 is 20.3 Å². The van der Waals surface area contributed by atoms with Crippen molar-refractivity contribution in [3.63, 3.8) is 0 Å². The van der Waals surface area contributed by atoms with Crippen molar-refractivity contribution in [1.82, 2.24) is 4.90 Å². The largest absolute Gasteiger partial charge is 0.378 e. The number of hydrogen-bond acceptors (Lipinski definition) is 3. The van der Waals surface area contributed by atoms with E-state index in [1.54, 1.807) is 0 Å². The number of ether oxygens (including phenoxy) is 1. The molecule has 1 heterocycles. The monoisotopic (exact) mass is 290 g/mol. The van der Waals surface area contributed by atoms with Crippen LogP contribution in [0.1, 0.15) is 19.4 Å². The average Bonchev–Trinajstić information content (AvgIpc) is 2.55. The van der Waals surface area contributed by atoms with E-state index in [-0.39, 0.29) is 0 Å². The van der Waals surface area contributed by atoms with Gasteiger partial charge in [0.25, 0.3) is 0 Å². The maximum atomic E-state index is 5.99. The van der Waals surface area contributed by atoms with E-state index in [9.17, 15) is 0 Å². The first-order valence-electron chi connectivity index (χ1n) is 7.71. The van der Waals surface area contributed by atoms with Gasteiger partial charge in [-0.2, -0.15) is 0 Å². The lowest BCUT2D eigenvalue weighted by Gasteiger charge is -2.28. The van der Waals surface area contributed by atoms with Gasteiger partial charge in [0.2, 0.25) is 0 Å². The van der Waals surface area contributed by atoms with Gasteiger partial charge in [0.15, 0.2) is 5.96 Å². The summed E-state index contributed by atoms with van der Waals surface area (Å²) in [5, 5.41) is 0. The topological polar surface area (TPSA) is 54.1 Å². The van der Waals surface area contributed by atoms with Crippen LogP contribution in [0.5, 0.6) is 0 Å². The second-order valence-corrected chi connectivity index (χ2v) is 5.11. The van der Waals surface area contributed by atoms with Crippen molar-refractivity contribution in [1.29, 1.82) is 0 Å². The predicted octanol–water partition coefficient (Wildman–Crippen LogP) is 1.68. The third-order valence-corrected chi connectivity index (χ3v) is 3.82. The predicted molar refractivity (Wildman–Crippen MR) is 87.7 cm³/mol. The Bertz CT molecular complexity index is 448. The Morgan fingerprint density at radius 3 is 2.38 bits per heavy atom. The molecule has 1 aliphatic heterocycles. The van der Waals surface area contributed by atoms with Gasteiger partial charge in [-0.25, -0.2) is 4.99 Å². The van der Waals surface area contributed by atoms with Gasteiger partial charge in [-0.1, -0.05) is 12.1 Å². The van der Waals surface area contributed by atoms with Gasteiger partial charge in [-0.05, 0) is 31.5 Å². The highest BCUT2D eigenvalue weighted by Crippen LogP contribution is 2.17. The van der Waals surface area contributed by atoms with Gasteiger partial charge >= 0.3 is 0 Å². The van der Waals surface area contributed by atoms with Crippen molar-refractivity contribution >= 4 is 11.6 Å². The van der Waals surface area contributed by atoms with E-state index in [1.165, 1.54) is 11.3 Å². The summed E-state index contributed by atoms with van der Waals surface area (Å²) in [5.74, 6) is 0.622. The van der Waals surface area contributed by atoms with Crippen LogP contribution in [0.25, 0.3) is 0 Å². The second-order valence-electron chi connectivity index (χ2n) is 5.11. The molecular formula is C16H26N4O. The summed E-state index contributed by atoms with van der Waals surface area (Å²) in [6.07, 6.45) is 0. The summed E-state index contributed by atoms with van der Waals surface area (Å²) >= 11 is 0. The van der Waals surface area contributed by atoms with Crippen molar-refractivity contribution < 1.29 is 4.74 Å². The highest BCUT2D eigenvalue weighted by molar-refractivity contribution is 5.78. The molecule has 2 N–H and O–H groups in total. The fourth-order valence-electron chi connectivity index (χ4n) is 2.45. The minimum absolute atomic E-state index is 0.622. The fourth-order valence-corrected chi connectivity index (χ4v) is 2.45. The molecule has 0 atom stereocenters. The molecule has 1 aliphatic rings. The van der Waals surface area contributed by atoms with Gasteiger partial charge in [0.1, 0.15) is 0 Å². The van der Waals surface area contributed by atoms with Crippen LogP contribution in [0.2, 0.25) is 0 Å². The molecule has 0 radical (unpaired) electrons. The summed E-state index contributed by atoms with van der Waals surface area (Å²) in [5.41, 5.74) is 8.42. The van der Waals surface area contributed by atoms with Crippen molar-refractivity contribution in [2.24, 2.45) is 10.7 Å². The maximum absolute atomic E-state index is 5.99. The smallest absolute Gasteiger partial charge is 0.191 e. The Labute approximate surface area is 127 Å². The Hall–Kier alpha value is -1.75. The Balaban J connectivity index is 1.94. The zero-order chi connectivity index (χ0) is 15.1. The lowest BCUT2D eigenvalue weighted by molar-refractivity contribution is 0.122. The molecule has 1 aromatic carbocycles. The fraction of sp³-hybridized carbons (Fsp3) is 0.562. The first kappa shape index (κ1) is 15.6. The van der Waals surface area contributed by atoms with Gasteiger partial charge in [0.05, 0.1) is 19.8 Å². The number of nitrogens with zero attached hydrogens (tertiary/aromatic N) is 3. The summed E-state index contributed by atoms with van der Waals surface area (Å²) in [6, 6.07) is 8.57. The van der Waals surface area contributed by atoms with Gasteiger partial charge in [0, 0.05) is 31.9 Å². The molecule has 0 aromatic heterocycles. The minimum Gasteiger partial charge on any atom is -0.378 e. The summed E-state index contributed by atoms with van der Waals surface area (Å²) < 4.78 is 5.38. The molecule has 0 bridgehead atoms. The summed E-state index contributed by atoms with van der Waals surface area (Å²) in [4.78, 5) is 8.87. The van der Waals surface area contributed by atoms with Crippen LogP contribution in [0, 0.1) is 0 Å². The normalized spacial score (nSPS) is 16.1. The Morgan fingerprint density at radius 1 is 1.19 bits per heavy atom. The van der Waals surface area contributed by atoms with Crippen LogP contribution >= 0.6 is 0 Å². The van der Waals surface area contributed by atoms with E-state index in [0.29, 0.717) is 12.5 Å². The molecule has 116 valence electrons. The molecule has 0 aliphatic carbocycles. The molecule has 0 spiro atoms. The molecule has 2 rings (SSSR count). The number of anilines is 1. The Kier molecular flexibility index (Phi) is 5.87. The first-order valence-corrected chi connectivity index (χ1v) is 7.71. The van der Waals surface area contributed by atoms with E-state index >= 15 is 0 Å². The lowest BCUT2D eigenvalue weighted by Crippen LogP contribution is -2.37. The second kappa shape index (κ2) is 7.88. The molecule has 0 amide bonds. The van der Waals surface area contributed by atoms with Gasteiger partial charge in [-0.15, -0.1) is 0 Å². The van der Waals surface area contributed by atoms with Crippen molar-refractivity contribution in [3.05, 3.63) is 29.8 Å². The van der Waals surface area contributed by atoms with Gasteiger partial charge in [-0.3, -0.25) is 0 Å². The van der Waals surface area contributed by atoms with Crippen LogP contribution < -0.4 is 10.6 Å².